The van der Waals surface area contributed by atoms with Crippen LogP contribution >= 0.6 is 0 Å². The van der Waals surface area contributed by atoms with Crippen molar-refractivity contribution in [3.63, 3.8) is 0 Å². The standard InChI is InChI=1S/C17H27N3O2/c1-17(2,3)22-16(21)19-14-9-10-20(12-14)15(11-18)13-7-5-4-6-8-13/h4-8,14-15H,9-12,18H2,1-3H3,(H,19,21)/t14-,15-/m0/s1. The topological polar surface area (TPSA) is 67.6 Å². The van der Waals surface area contributed by atoms with Gasteiger partial charge in [-0.2, -0.15) is 0 Å². The summed E-state index contributed by atoms with van der Waals surface area (Å²) < 4.78 is 5.31. The zero-order valence-electron chi connectivity index (χ0n) is 13.7. The van der Waals surface area contributed by atoms with E-state index in [1.807, 2.05) is 39.0 Å². The van der Waals surface area contributed by atoms with Crippen LogP contribution in [0.3, 0.4) is 0 Å². The number of nitrogens with one attached hydrogen (secondary N) is 1. The molecule has 1 saturated heterocycles. The van der Waals surface area contributed by atoms with Crippen molar-refractivity contribution < 1.29 is 9.53 Å². The molecular weight excluding hydrogens is 278 g/mol. The number of ether oxygens (including phenoxy) is 1. The number of hydrogen-bond donors (Lipinski definition) is 2. The molecule has 2 atom stereocenters. The van der Waals surface area contributed by atoms with Gasteiger partial charge in [0.1, 0.15) is 5.60 Å². The number of rotatable bonds is 4. The van der Waals surface area contributed by atoms with Gasteiger partial charge in [0.2, 0.25) is 0 Å². The third-order valence-corrected chi connectivity index (χ3v) is 3.79. The molecule has 1 aliphatic rings. The highest BCUT2D eigenvalue weighted by atomic mass is 16.6. The van der Waals surface area contributed by atoms with Crippen LogP contribution in [-0.4, -0.2) is 42.3 Å². The molecule has 0 spiro atoms. The van der Waals surface area contributed by atoms with Crippen LogP contribution in [-0.2, 0) is 4.74 Å². The van der Waals surface area contributed by atoms with Gasteiger partial charge in [-0.15, -0.1) is 0 Å². The molecule has 5 nitrogen and oxygen atoms in total. The minimum absolute atomic E-state index is 0.118. The average molecular weight is 305 g/mol. The minimum Gasteiger partial charge on any atom is -0.444 e. The van der Waals surface area contributed by atoms with Crippen LogP contribution in [0.5, 0.6) is 0 Å². The zero-order valence-corrected chi connectivity index (χ0v) is 13.7. The highest BCUT2D eigenvalue weighted by molar-refractivity contribution is 5.68. The number of likely N-dealkylation sites (tertiary alicyclic amines) is 1. The van der Waals surface area contributed by atoms with E-state index in [1.54, 1.807) is 0 Å². The normalized spacial score (nSPS) is 20.6. The Balaban J connectivity index is 1.90. The Bertz CT molecular complexity index is 484. The molecule has 1 aromatic carbocycles. The molecule has 1 amide bonds. The van der Waals surface area contributed by atoms with Gasteiger partial charge in [0.05, 0.1) is 0 Å². The minimum atomic E-state index is -0.466. The van der Waals surface area contributed by atoms with Gasteiger partial charge < -0.3 is 15.8 Å². The van der Waals surface area contributed by atoms with Gasteiger partial charge in [-0.25, -0.2) is 4.79 Å². The van der Waals surface area contributed by atoms with E-state index in [-0.39, 0.29) is 18.2 Å². The first kappa shape index (κ1) is 16.8. The summed E-state index contributed by atoms with van der Waals surface area (Å²) in [7, 11) is 0. The van der Waals surface area contributed by atoms with Crippen molar-refractivity contribution in [1.29, 1.82) is 0 Å². The number of benzene rings is 1. The van der Waals surface area contributed by atoms with Gasteiger partial charge in [0.25, 0.3) is 0 Å². The molecule has 1 fully saturated rings. The molecule has 1 aromatic rings. The second-order valence-electron chi connectivity index (χ2n) is 6.79. The number of nitrogens with two attached hydrogens (primary N) is 1. The van der Waals surface area contributed by atoms with Gasteiger partial charge in [-0.05, 0) is 32.8 Å². The fourth-order valence-electron chi connectivity index (χ4n) is 2.83. The zero-order chi connectivity index (χ0) is 16.2. The molecule has 0 aliphatic carbocycles. The van der Waals surface area contributed by atoms with Crippen molar-refractivity contribution in [2.24, 2.45) is 5.73 Å². The van der Waals surface area contributed by atoms with Crippen molar-refractivity contribution in [2.75, 3.05) is 19.6 Å². The summed E-state index contributed by atoms with van der Waals surface area (Å²) in [5.74, 6) is 0. The predicted molar refractivity (Wildman–Crippen MR) is 87.6 cm³/mol. The second-order valence-corrected chi connectivity index (χ2v) is 6.79. The van der Waals surface area contributed by atoms with E-state index in [9.17, 15) is 4.79 Å². The Morgan fingerprint density at radius 3 is 2.68 bits per heavy atom. The van der Waals surface area contributed by atoms with E-state index in [4.69, 9.17) is 10.5 Å². The number of hydrogen-bond acceptors (Lipinski definition) is 4. The number of nitrogens with zero attached hydrogens (tertiary/aromatic N) is 1. The lowest BCUT2D eigenvalue weighted by molar-refractivity contribution is 0.0504. The SMILES string of the molecule is CC(C)(C)OC(=O)N[C@H]1CCN([C@@H](CN)c2ccccc2)C1. The van der Waals surface area contributed by atoms with Gasteiger partial charge in [0.15, 0.2) is 0 Å². The maximum Gasteiger partial charge on any atom is 0.407 e. The first-order chi connectivity index (χ1) is 10.4. The fourth-order valence-corrected chi connectivity index (χ4v) is 2.83. The Hall–Kier alpha value is -1.59. The van der Waals surface area contributed by atoms with E-state index in [0.29, 0.717) is 6.54 Å². The molecule has 22 heavy (non-hydrogen) atoms. The molecular formula is C17H27N3O2. The number of carbonyl (C=O) groups is 1. The molecule has 1 aliphatic heterocycles. The van der Waals surface area contributed by atoms with Crippen LogP contribution < -0.4 is 11.1 Å². The summed E-state index contributed by atoms with van der Waals surface area (Å²) in [6.45, 7) is 7.91. The molecule has 1 heterocycles. The van der Waals surface area contributed by atoms with Gasteiger partial charge >= 0.3 is 6.09 Å². The van der Waals surface area contributed by atoms with Crippen molar-refractivity contribution in [2.45, 2.75) is 44.9 Å². The molecule has 0 aromatic heterocycles. The van der Waals surface area contributed by atoms with Crippen LogP contribution in [0.4, 0.5) is 4.79 Å². The summed E-state index contributed by atoms with van der Waals surface area (Å²) >= 11 is 0. The lowest BCUT2D eigenvalue weighted by Gasteiger charge is -2.27. The van der Waals surface area contributed by atoms with Gasteiger partial charge in [-0.3, -0.25) is 4.90 Å². The van der Waals surface area contributed by atoms with Crippen LogP contribution in [0.25, 0.3) is 0 Å². The first-order valence-corrected chi connectivity index (χ1v) is 7.87. The Kier molecular flexibility index (Phi) is 5.42. The number of carbonyl (C=O) groups excluding carboxylic acids is 1. The first-order valence-electron chi connectivity index (χ1n) is 7.87. The van der Waals surface area contributed by atoms with Crippen LogP contribution in [0.2, 0.25) is 0 Å². The van der Waals surface area contributed by atoms with Crippen LogP contribution in [0, 0.1) is 0 Å². The third-order valence-electron chi connectivity index (χ3n) is 3.79. The van der Waals surface area contributed by atoms with E-state index in [2.05, 4.69) is 22.3 Å². The highest BCUT2D eigenvalue weighted by Gasteiger charge is 2.30. The number of alkyl carbamates (subject to hydrolysis) is 1. The fraction of sp³-hybridized carbons (Fsp3) is 0.588. The van der Waals surface area contributed by atoms with Crippen molar-refractivity contribution in [3.05, 3.63) is 35.9 Å². The summed E-state index contributed by atoms with van der Waals surface area (Å²) in [5, 5.41) is 2.95. The summed E-state index contributed by atoms with van der Waals surface area (Å²) in [5.41, 5.74) is 6.72. The molecule has 3 N–H and O–H groups in total. The molecule has 0 radical (unpaired) electrons. The summed E-state index contributed by atoms with van der Waals surface area (Å²) in [4.78, 5) is 14.2. The van der Waals surface area contributed by atoms with Gasteiger partial charge in [0, 0.05) is 31.7 Å². The molecule has 122 valence electrons. The summed E-state index contributed by atoms with van der Waals surface area (Å²) in [6.07, 6.45) is 0.575. The third kappa shape index (κ3) is 4.71. The van der Waals surface area contributed by atoms with Crippen molar-refractivity contribution >= 4 is 6.09 Å². The molecule has 0 bridgehead atoms. The average Bonchev–Trinajstić information content (AvgIpc) is 2.87. The summed E-state index contributed by atoms with van der Waals surface area (Å²) in [6, 6.07) is 10.6. The largest absolute Gasteiger partial charge is 0.444 e. The van der Waals surface area contributed by atoms with Crippen molar-refractivity contribution in [1.82, 2.24) is 10.2 Å². The second kappa shape index (κ2) is 7.11. The Morgan fingerprint density at radius 1 is 1.41 bits per heavy atom. The predicted octanol–water partition coefficient (Wildman–Crippen LogP) is 2.29. The molecule has 2 rings (SSSR count). The highest BCUT2D eigenvalue weighted by Crippen LogP contribution is 2.24. The van der Waals surface area contributed by atoms with Crippen LogP contribution in [0.15, 0.2) is 30.3 Å². The monoisotopic (exact) mass is 305 g/mol. The Labute approximate surface area is 132 Å². The molecule has 5 heteroatoms. The lowest BCUT2D eigenvalue weighted by Crippen LogP contribution is -2.41. The van der Waals surface area contributed by atoms with Gasteiger partial charge in [-0.1, -0.05) is 30.3 Å². The smallest absolute Gasteiger partial charge is 0.407 e. The Morgan fingerprint density at radius 2 is 2.09 bits per heavy atom. The maximum absolute atomic E-state index is 11.9. The van der Waals surface area contributed by atoms with E-state index >= 15 is 0 Å². The van der Waals surface area contributed by atoms with E-state index < -0.39 is 5.60 Å². The van der Waals surface area contributed by atoms with E-state index in [1.165, 1.54) is 5.56 Å². The molecule has 0 saturated carbocycles. The quantitative estimate of drug-likeness (QED) is 0.895. The van der Waals surface area contributed by atoms with Crippen molar-refractivity contribution in [3.8, 4) is 0 Å². The number of amides is 1. The molecule has 0 unspecified atom stereocenters. The lowest BCUT2D eigenvalue weighted by atomic mass is 10.1. The van der Waals surface area contributed by atoms with Crippen LogP contribution in [0.1, 0.15) is 38.8 Å². The maximum atomic E-state index is 11.9. The van der Waals surface area contributed by atoms with E-state index in [0.717, 1.165) is 19.5 Å².